The van der Waals surface area contributed by atoms with Gasteiger partial charge in [-0.3, -0.25) is 9.59 Å². The van der Waals surface area contributed by atoms with E-state index < -0.39 is 17.8 Å². The first-order chi connectivity index (χ1) is 16.2. The Bertz CT molecular complexity index is 1060. The second-order valence-electron chi connectivity index (χ2n) is 8.90. The highest BCUT2D eigenvalue weighted by Crippen LogP contribution is 2.35. The molecule has 2 heterocycles. The van der Waals surface area contributed by atoms with Crippen molar-refractivity contribution in [3.63, 3.8) is 0 Å². The first-order valence-electron chi connectivity index (χ1n) is 11.3. The smallest absolute Gasteiger partial charge is 0.381 e. The van der Waals surface area contributed by atoms with Crippen LogP contribution in [0.5, 0.6) is 0 Å². The third kappa shape index (κ3) is 5.08. The zero-order valence-corrected chi connectivity index (χ0v) is 19.1. The van der Waals surface area contributed by atoms with Crippen LogP contribution in [0.25, 0.3) is 10.9 Å². The molecule has 2 amide bonds. The Morgan fingerprint density at radius 1 is 1.24 bits per heavy atom. The number of rotatable bonds is 6. The molecule has 1 aromatic heterocycles. The van der Waals surface area contributed by atoms with Crippen LogP contribution < -0.4 is 10.6 Å². The number of anilines is 1. The molecular formula is C23H28F3N5O3. The summed E-state index contributed by atoms with van der Waals surface area (Å²) in [5, 5.41) is 6.14. The number of benzene rings is 1. The molecule has 2 fully saturated rings. The quantitative estimate of drug-likeness (QED) is 0.662. The second kappa shape index (κ2) is 9.73. The highest BCUT2D eigenvalue weighted by atomic mass is 19.4. The first kappa shape index (κ1) is 24.2. The summed E-state index contributed by atoms with van der Waals surface area (Å²) in [5.41, 5.74) is -0.436. The van der Waals surface area contributed by atoms with Crippen LogP contribution in [-0.2, 0) is 20.5 Å². The maximum Gasteiger partial charge on any atom is 0.416 e. The maximum atomic E-state index is 13.3. The minimum absolute atomic E-state index is 0.0449. The molecule has 0 spiro atoms. The molecule has 0 radical (unpaired) electrons. The number of ether oxygens (including phenoxy) is 1. The number of halogens is 3. The van der Waals surface area contributed by atoms with E-state index in [0.717, 1.165) is 31.4 Å². The molecule has 184 valence electrons. The van der Waals surface area contributed by atoms with Crippen molar-refractivity contribution < 1.29 is 27.5 Å². The van der Waals surface area contributed by atoms with Crippen molar-refractivity contribution in [2.75, 3.05) is 25.5 Å². The molecule has 34 heavy (non-hydrogen) atoms. The summed E-state index contributed by atoms with van der Waals surface area (Å²) in [7, 11) is 1.66. The fourth-order valence-electron chi connectivity index (χ4n) is 5.00. The van der Waals surface area contributed by atoms with Crippen molar-refractivity contribution in [3.05, 3.63) is 30.1 Å². The Kier molecular flexibility index (Phi) is 6.92. The summed E-state index contributed by atoms with van der Waals surface area (Å²) in [4.78, 5) is 34.8. The summed E-state index contributed by atoms with van der Waals surface area (Å²) in [6, 6.07) is 2.64. The normalized spacial score (nSPS) is 25.6. The molecule has 1 aliphatic carbocycles. The predicted molar refractivity (Wildman–Crippen MR) is 119 cm³/mol. The highest BCUT2D eigenvalue weighted by molar-refractivity contribution is 5.93. The van der Waals surface area contributed by atoms with Gasteiger partial charge in [-0.25, -0.2) is 9.97 Å². The average Bonchev–Trinajstić information content (AvgIpc) is 3.16. The zero-order valence-electron chi connectivity index (χ0n) is 19.1. The van der Waals surface area contributed by atoms with Crippen molar-refractivity contribution in [2.24, 2.45) is 5.92 Å². The van der Waals surface area contributed by atoms with Crippen LogP contribution >= 0.6 is 0 Å². The van der Waals surface area contributed by atoms with Crippen LogP contribution in [0.15, 0.2) is 24.5 Å². The van der Waals surface area contributed by atoms with Crippen LogP contribution in [-0.4, -0.2) is 65.1 Å². The van der Waals surface area contributed by atoms with E-state index in [1.54, 1.807) is 7.11 Å². The molecule has 2 aliphatic rings. The van der Waals surface area contributed by atoms with Crippen LogP contribution in [0.4, 0.5) is 19.0 Å². The number of nitrogens with one attached hydrogen (secondary N) is 2. The number of aromatic nitrogens is 2. The van der Waals surface area contributed by atoms with Crippen molar-refractivity contribution in [2.45, 2.75) is 57.0 Å². The van der Waals surface area contributed by atoms with E-state index >= 15 is 0 Å². The number of carbonyl (C=O) groups excluding carboxylic acids is 2. The SMILES string of the molecule is COC1CC[C@H](N2CC[C@H](Nc3ncnc4ccc(C(F)(F)F)cc34)C2=O)[C@H](CNC(C)=O)C1. The highest BCUT2D eigenvalue weighted by Gasteiger charge is 2.42. The lowest BCUT2D eigenvalue weighted by Gasteiger charge is -2.40. The zero-order chi connectivity index (χ0) is 24.5. The standard InChI is InChI=1S/C23H28F3N5O3/c1-13(32)27-11-14-9-16(34-2)4-6-20(14)31-8-7-19(22(31)33)30-21-17-10-15(23(24,25)26)3-5-18(17)28-12-29-21/h3,5,10,12,14,16,19-20H,4,6-9,11H2,1-2H3,(H,27,32)(H,28,29,30)/t14-,16?,19-,20-/m0/s1. The molecule has 1 saturated heterocycles. The van der Waals surface area contributed by atoms with Gasteiger partial charge in [0.05, 0.1) is 17.2 Å². The van der Waals surface area contributed by atoms with E-state index in [1.807, 2.05) is 4.90 Å². The lowest BCUT2D eigenvalue weighted by Crippen LogP contribution is -2.50. The number of hydrogen-bond acceptors (Lipinski definition) is 6. The predicted octanol–water partition coefficient (Wildman–Crippen LogP) is 2.98. The molecular weight excluding hydrogens is 451 g/mol. The second-order valence-corrected chi connectivity index (χ2v) is 8.90. The van der Waals surface area contributed by atoms with Crippen LogP contribution in [0.2, 0.25) is 0 Å². The van der Waals surface area contributed by atoms with Gasteiger partial charge in [0, 0.05) is 38.6 Å². The molecule has 4 atom stereocenters. The number of fused-ring (bicyclic) bond motifs is 1. The van der Waals surface area contributed by atoms with Gasteiger partial charge in [0.15, 0.2) is 0 Å². The molecule has 11 heteroatoms. The van der Waals surface area contributed by atoms with Gasteiger partial charge in [-0.1, -0.05) is 0 Å². The lowest BCUT2D eigenvalue weighted by molar-refractivity contribution is -0.137. The average molecular weight is 480 g/mol. The van der Waals surface area contributed by atoms with Crippen LogP contribution in [0.1, 0.15) is 38.2 Å². The number of nitrogens with zero attached hydrogens (tertiary/aromatic N) is 3. The Balaban J connectivity index is 1.52. The molecule has 2 N–H and O–H groups in total. The van der Waals surface area contributed by atoms with Gasteiger partial charge in [-0.05, 0) is 49.8 Å². The lowest BCUT2D eigenvalue weighted by atomic mass is 9.81. The Hall–Kier alpha value is -2.95. The number of alkyl halides is 3. The van der Waals surface area contributed by atoms with Crippen molar-refractivity contribution in [1.29, 1.82) is 0 Å². The fourth-order valence-corrected chi connectivity index (χ4v) is 5.00. The molecule has 4 rings (SSSR count). The van der Waals surface area contributed by atoms with Crippen molar-refractivity contribution in [1.82, 2.24) is 20.2 Å². The number of carbonyl (C=O) groups is 2. The van der Waals surface area contributed by atoms with E-state index in [2.05, 4.69) is 20.6 Å². The largest absolute Gasteiger partial charge is 0.416 e. The van der Waals surface area contributed by atoms with Gasteiger partial charge in [-0.2, -0.15) is 13.2 Å². The van der Waals surface area contributed by atoms with Crippen molar-refractivity contribution >= 4 is 28.5 Å². The third-order valence-corrected chi connectivity index (χ3v) is 6.75. The van der Waals surface area contributed by atoms with Gasteiger partial charge in [0.1, 0.15) is 18.2 Å². The van der Waals surface area contributed by atoms with Gasteiger partial charge in [0.25, 0.3) is 0 Å². The molecule has 1 unspecified atom stereocenters. The van der Waals surface area contributed by atoms with Gasteiger partial charge in [-0.15, -0.1) is 0 Å². The monoisotopic (exact) mass is 479 g/mol. The molecule has 8 nitrogen and oxygen atoms in total. The van der Waals surface area contributed by atoms with E-state index in [0.29, 0.717) is 25.0 Å². The van der Waals surface area contributed by atoms with E-state index in [9.17, 15) is 22.8 Å². The van der Waals surface area contributed by atoms with Crippen LogP contribution in [0.3, 0.4) is 0 Å². The molecule has 0 bridgehead atoms. The van der Waals surface area contributed by atoms with Crippen molar-refractivity contribution in [3.8, 4) is 0 Å². The summed E-state index contributed by atoms with van der Waals surface area (Å²) in [6.45, 7) is 2.44. The Morgan fingerprint density at radius 3 is 2.74 bits per heavy atom. The van der Waals surface area contributed by atoms with Gasteiger partial charge >= 0.3 is 6.18 Å². The Morgan fingerprint density at radius 2 is 2.03 bits per heavy atom. The summed E-state index contributed by atoms with van der Waals surface area (Å²) >= 11 is 0. The summed E-state index contributed by atoms with van der Waals surface area (Å²) in [5.74, 6) is 0.0144. The van der Waals surface area contributed by atoms with E-state index in [-0.39, 0.29) is 41.1 Å². The number of likely N-dealkylation sites (tertiary alicyclic amines) is 1. The number of methoxy groups -OCH3 is 1. The van der Waals surface area contributed by atoms with Gasteiger partial charge in [0.2, 0.25) is 11.8 Å². The number of hydrogen-bond donors (Lipinski definition) is 2. The fraction of sp³-hybridized carbons (Fsp3) is 0.565. The summed E-state index contributed by atoms with van der Waals surface area (Å²) < 4.78 is 45.2. The van der Waals surface area contributed by atoms with E-state index in [4.69, 9.17) is 4.74 Å². The van der Waals surface area contributed by atoms with Crippen LogP contribution in [0, 0.1) is 5.92 Å². The minimum Gasteiger partial charge on any atom is -0.381 e. The minimum atomic E-state index is -4.49. The molecule has 2 aromatic rings. The third-order valence-electron chi connectivity index (χ3n) is 6.75. The first-order valence-corrected chi connectivity index (χ1v) is 11.3. The Labute approximate surface area is 195 Å². The number of amides is 2. The topological polar surface area (TPSA) is 96.4 Å². The van der Waals surface area contributed by atoms with E-state index in [1.165, 1.54) is 19.3 Å². The van der Waals surface area contributed by atoms with Gasteiger partial charge < -0.3 is 20.3 Å². The molecule has 1 aromatic carbocycles. The molecule has 1 saturated carbocycles. The maximum absolute atomic E-state index is 13.3. The summed E-state index contributed by atoms with van der Waals surface area (Å²) in [6.07, 6.45) is -0.337. The molecule has 1 aliphatic heterocycles.